The number of hydrogen-bond acceptors (Lipinski definition) is 3. The van der Waals surface area contributed by atoms with Crippen molar-refractivity contribution in [3.8, 4) is 0 Å². The maximum Gasteiger partial charge on any atom is 0.227 e. The molecule has 17 heavy (non-hydrogen) atoms. The van der Waals surface area contributed by atoms with Crippen LogP contribution in [0.2, 0.25) is 0 Å². The number of hydrogen-bond donors (Lipinski definition) is 1. The highest BCUT2D eigenvalue weighted by atomic mass is 32.1. The van der Waals surface area contributed by atoms with E-state index in [9.17, 15) is 4.79 Å². The Morgan fingerprint density at radius 1 is 1.65 bits per heavy atom. The lowest BCUT2D eigenvalue weighted by molar-refractivity contribution is -0.136. The molecule has 1 aliphatic heterocycles. The first-order valence-corrected chi connectivity index (χ1v) is 7.09. The van der Waals surface area contributed by atoms with Crippen molar-refractivity contribution < 1.29 is 4.79 Å². The third-order valence-corrected chi connectivity index (χ3v) is 4.57. The molecule has 1 saturated heterocycles. The summed E-state index contributed by atoms with van der Waals surface area (Å²) in [6.07, 6.45) is 2.13. The zero-order chi connectivity index (χ0) is 12.3. The molecule has 94 valence electrons. The van der Waals surface area contributed by atoms with E-state index in [0.717, 1.165) is 25.9 Å². The number of carbonyl (C=O) groups is 1. The van der Waals surface area contributed by atoms with Gasteiger partial charge in [0.1, 0.15) is 0 Å². The molecule has 2 heterocycles. The van der Waals surface area contributed by atoms with Crippen LogP contribution in [-0.4, -0.2) is 30.9 Å². The van der Waals surface area contributed by atoms with Crippen LogP contribution in [0.15, 0.2) is 17.5 Å². The van der Waals surface area contributed by atoms with Gasteiger partial charge in [-0.3, -0.25) is 4.79 Å². The number of piperidine rings is 1. The molecule has 1 aromatic rings. The monoisotopic (exact) mass is 252 g/mol. The van der Waals surface area contributed by atoms with Crippen molar-refractivity contribution in [1.29, 1.82) is 0 Å². The van der Waals surface area contributed by atoms with E-state index in [2.05, 4.69) is 23.7 Å². The van der Waals surface area contributed by atoms with Gasteiger partial charge in [0.2, 0.25) is 5.91 Å². The van der Waals surface area contributed by atoms with E-state index in [1.165, 1.54) is 4.88 Å². The van der Waals surface area contributed by atoms with Crippen LogP contribution in [0, 0.1) is 5.92 Å². The van der Waals surface area contributed by atoms with Crippen molar-refractivity contribution in [3.05, 3.63) is 22.4 Å². The molecule has 0 spiro atoms. The van der Waals surface area contributed by atoms with Crippen LogP contribution < -0.4 is 5.32 Å². The summed E-state index contributed by atoms with van der Waals surface area (Å²) in [4.78, 5) is 15.5. The fraction of sp³-hybridized carbons (Fsp3) is 0.615. The third kappa shape index (κ3) is 2.87. The molecular weight excluding hydrogens is 232 g/mol. The Morgan fingerprint density at radius 3 is 3.06 bits per heavy atom. The fourth-order valence-electron chi connectivity index (χ4n) is 2.26. The number of nitrogens with one attached hydrogen (secondary N) is 1. The van der Waals surface area contributed by atoms with E-state index in [4.69, 9.17) is 0 Å². The number of thiophene rings is 1. The molecule has 0 aromatic carbocycles. The van der Waals surface area contributed by atoms with Gasteiger partial charge in [-0.05, 0) is 37.8 Å². The number of carbonyl (C=O) groups excluding carboxylic acids is 1. The molecule has 1 aromatic heterocycles. The normalized spacial score (nSPS) is 22.1. The number of rotatable bonds is 3. The lowest BCUT2D eigenvalue weighted by atomic mass is 9.97. The van der Waals surface area contributed by atoms with Gasteiger partial charge >= 0.3 is 0 Å². The number of amides is 1. The Labute approximate surface area is 107 Å². The molecule has 2 rings (SSSR count). The van der Waals surface area contributed by atoms with E-state index in [0.29, 0.717) is 0 Å². The highest BCUT2D eigenvalue weighted by Gasteiger charge is 2.27. The molecule has 4 heteroatoms. The lowest BCUT2D eigenvalue weighted by Gasteiger charge is -2.30. The van der Waals surface area contributed by atoms with Gasteiger partial charge in [0.25, 0.3) is 0 Å². The molecule has 1 aliphatic rings. The molecule has 1 N–H and O–H groups in total. The van der Waals surface area contributed by atoms with Crippen molar-refractivity contribution in [2.75, 3.05) is 20.1 Å². The maximum atomic E-state index is 12.3. The Morgan fingerprint density at radius 2 is 2.47 bits per heavy atom. The summed E-state index contributed by atoms with van der Waals surface area (Å²) in [5, 5.41) is 5.36. The van der Waals surface area contributed by atoms with Gasteiger partial charge in [-0.25, -0.2) is 0 Å². The second-order valence-electron chi connectivity index (χ2n) is 4.68. The van der Waals surface area contributed by atoms with Gasteiger partial charge in [-0.1, -0.05) is 6.07 Å². The summed E-state index contributed by atoms with van der Waals surface area (Å²) < 4.78 is 0. The molecule has 1 fully saturated rings. The first-order chi connectivity index (χ1) is 8.20. The van der Waals surface area contributed by atoms with Crippen molar-refractivity contribution >= 4 is 17.2 Å². The Kier molecular flexibility index (Phi) is 4.18. The van der Waals surface area contributed by atoms with Gasteiger partial charge in [-0.15, -0.1) is 11.3 Å². The van der Waals surface area contributed by atoms with E-state index >= 15 is 0 Å². The van der Waals surface area contributed by atoms with Crippen molar-refractivity contribution in [2.24, 2.45) is 5.92 Å². The third-order valence-electron chi connectivity index (χ3n) is 3.53. The highest BCUT2D eigenvalue weighted by Crippen LogP contribution is 2.25. The summed E-state index contributed by atoms with van der Waals surface area (Å²) in [5.74, 6) is 0.439. The second kappa shape index (κ2) is 5.65. The minimum Gasteiger partial charge on any atom is -0.338 e. The van der Waals surface area contributed by atoms with Crippen LogP contribution in [0.3, 0.4) is 0 Å². The fourth-order valence-corrected chi connectivity index (χ4v) is 3.09. The lowest BCUT2D eigenvalue weighted by Crippen LogP contribution is -2.42. The Hall–Kier alpha value is -0.870. The predicted octanol–water partition coefficient (Wildman–Crippen LogP) is 2.27. The summed E-state index contributed by atoms with van der Waals surface area (Å²) in [6, 6.07) is 4.32. The summed E-state index contributed by atoms with van der Waals surface area (Å²) in [7, 11) is 1.92. The van der Waals surface area contributed by atoms with Crippen LogP contribution in [0.5, 0.6) is 0 Å². The van der Waals surface area contributed by atoms with Crippen LogP contribution in [-0.2, 0) is 4.79 Å². The minimum atomic E-state index is 0.163. The van der Waals surface area contributed by atoms with Gasteiger partial charge in [0.15, 0.2) is 0 Å². The van der Waals surface area contributed by atoms with Gasteiger partial charge in [0.05, 0.1) is 12.0 Å². The smallest absolute Gasteiger partial charge is 0.227 e. The van der Waals surface area contributed by atoms with Crippen LogP contribution >= 0.6 is 11.3 Å². The Balaban J connectivity index is 1.98. The number of nitrogens with zero attached hydrogens (tertiary/aromatic N) is 1. The topological polar surface area (TPSA) is 32.3 Å². The van der Waals surface area contributed by atoms with Crippen LogP contribution in [0.4, 0.5) is 0 Å². The van der Waals surface area contributed by atoms with Crippen LogP contribution in [0.1, 0.15) is 30.7 Å². The average Bonchev–Trinajstić information content (AvgIpc) is 2.91. The van der Waals surface area contributed by atoms with Crippen molar-refractivity contribution in [2.45, 2.75) is 25.8 Å². The zero-order valence-electron chi connectivity index (χ0n) is 10.5. The van der Waals surface area contributed by atoms with Gasteiger partial charge < -0.3 is 10.2 Å². The second-order valence-corrected chi connectivity index (χ2v) is 5.66. The van der Waals surface area contributed by atoms with Gasteiger partial charge in [-0.2, -0.15) is 0 Å². The summed E-state index contributed by atoms with van der Waals surface area (Å²) >= 11 is 1.71. The standard InChI is InChI=1S/C13H20N2OS/c1-10(12-6-4-8-17-12)15(2)13(16)11-5-3-7-14-9-11/h4,6,8,10-11,14H,3,5,7,9H2,1-2H3/t10?,11-/m1/s1. The maximum absolute atomic E-state index is 12.3. The van der Waals surface area contributed by atoms with E-state index in [1.807, 2.05) is 18.0 Å². The van der Waals surface area contributed by atoms with E-state index in [1.54, 1.807) is 11.3 Å². The van der Waals surface area contributed by atoms with Gasteiger partial charge in [0, 0.05) is 18.5 Å². The molecule has 0 saturated carbocycles. The molecule has 0 aliphatic carbocycles. The highest BCUT2D eigenvalue weighted by molar-refractivity contribution is 7.10. The predicted molar refractivity (Wildman–Crippen MR) is 71.1 cm³/mol. The molecule has 1 amide bonds. The van der Waals surface area contributed by atoms with Crippen molar-refractivity contribution in [3.63, 3.8) is 0 Å². The molecule has 0 radical (unpaired) electrons. The van der Waals surface area contributed by atoms with Crippen LogP contribution in [0.25, 0.3) is 0 Å². The molecule has 0 bridgehead atoms. The first kappa shape index (κ1) is 12.6. The average molecular weight is 252 g/mol. The largest absolute Gasteiger partial charge is 0.338 e. The first-order valence-electron chi connectivity index (χ1n) is 6.21. The van der Waals surface area contributed by atoms with E-state index < -0.39 is 0 Å². The quantitative estimate of drug-likeness (QED) is 0.895. The summed E-state index contributed by atoms with van der Waals surface area (Å²) in [5.41, 5.74) is 0. The van der Waals surface area contributed by atoms with Crippen molar-refractivity contribution in [1.82, 2.24) is 10.2 Å². The summed E-state index contributed by atoms with van der Waals surface area (Å²) in [6.45, 7) is 3.98. The van der Waals surface area contributed by atoms with E-state index in [-0.39, 0.29) is 17.9 Å². The molecule has 1 unspecified atom stereocenters. The Bertz CT molecular complexity index is 358. The SMILES string of the molecule is CC(c1cccs1)N(C)C(=O)[C@@H]1CCCNC1. The molecular formula is C13H20N2OS. The molecule has 2 atom stereocenters. The molecule has 3 nitrogen and oxygen atoms in total. The minimum absolute atomic E-state index is 0.163. The zero-order valence-corrected chi connectivity index (χ0v) is 11.3.